The van der Waals surface area contributed by atoms with Gasteiger partial charge in [0.25, 0.3) is 30.4 Å². The summed E-state index contributed by atoms with van der Waals surface area (Å²) in [6.07, 6.45) is -1.41. The second-order valence-electron chi connectivity index (χ2n) is 12.1. The van der Waals surface area contributed by atoms with Gasteiger partial charge in [-0.25, -0.2) is 8.42 Å². The molecule has 0 saturated heterocycles. The summed E-state index contributed by atoms with van der Waals surface area (Å²) in [6.45, 7) is 2.94. The summed E-state index contributed by atoms with van der Waals surface area (Å²) in [4.78, 5) is 8.94. The Hall–Kier alpha value is -5.98. The number of ether oxygens (including phenoxy) is 2. The van der Waals surface area contributed by atoms with Crippen LogP contribution < -0.4 is 19.7 Å². The number of anilines is 3. The number of fused-ring (bicyclic) bond motifs is 1. The Bertz CT molecular complexity index is 3120. The van der Waals surface area contributed by atoms with E-state index < -0.39 is 118 Å². The van der Waals surface area contributed by atoms with Crippen LogP contribution in [0.15, 0.2) is 95.7 Å². The molecule has 6 N–H and O–H groups in total. The van der Waals surface area contributed by atoms with Gasteiger partial charge in [0, 0.05) is 59.0 Å². The predicted octanol–water partition coefficient (Wildman–Crippen LogP) is 4.90. The fraction of sp³-hybridized carbons (Fsp3) is 0.156. The average Bonchev–Trinajstić information content (AvgIpc) is 3.17. The molecule has 24 nitrogen and oxygen atoms in total. The zero-order chi connectivity index (χ0) is 45.2. The number of aromatic nitrogens is 3. The van der Waals surface area contributed by atoms with Crippen LogP contribution in [-0.4, -0.2) is 106 Å². The number of phenols is 2. The molecule has 0 saturated carbocycles. The van der Waals surface area contributed by atoms with E-state index in [1.807, 2.05) is 0 Å². The molecule has 0 spiro atoms. The third-order valence-corrected chi connectivity index (χ3v) is 12.1. The summed E-state index contributed by atoms with van der Waals surface area (Å²) in [6, 6.07) is 7.33. The molecule has 1 heterocycles. The molecule has 0 aliphatic heterocycles. The third kappa shape index (κ3) is 11.1. The third-order valence-electron chi connectivity index (χ3n) is 8.12. The number of nitrogens with one attached hydrogen (secondary N) is 1. The molecule has 5 aromatic rings. The number of phenolic OH excluding ortho intramolecular Hbond substituents is 2. The summed E-state index contributed by atoms with van der Waals surface area (Å²) in [5.41, 5.74) is -2.67. The van der Waals surface area contributed by atoms with Gasteiger partial charge >= 0.3 is 6.08 Å². The molecule has 30 heteroatoms. The average molecular weight is 991 g/mol. The van der Waals surface area contributed by atoms with Gasteiger partial charge in [0.15, 0.2) is 27.1 Å². The normalized spacial score (nSPS) is 12.4. The monoisotopic (exact) mass is 990 g/mol. The molecule has 0 amide bonds. The largest absolute Gasteiger partial charge is 0.506 e. The van der Waals surface area contributed by atoms with E-state index in [-0.39, 0.29) is 46.5 Å². The van der Waals surface area contributed by atoms with E-state index in [1.54, 1.807) is 0 Å². The zero-order valence-corrected chi connectivity index (χ0v) is 35.7. The Balaban J connectivity index is 0.00000845. The molecule has 0 aliphatic carbocycles. The Morgan fingerprint density at radius 3 is 1.92 bits per heavy atom. The van der Waals surface area contributed by atoms with E-state index in [0.717, 1.165) is 41.3 Å². The molecule has 0 unspecified atom stereocenters. The number of sulfone groups is 1. The molecule has 0 bridgehead atoms. The van der Waals surface area contributed by atoms with Gasteiger partial charge in [-0.15, -0.1) is 20.5 Å². The predicted molar refractivity (Wildman–Crippen MR) is 211 cm³/mol. The first-order chi connectivity index (χ1) is 28.4. The van der Waals surface area contributed by atoms with Crippen LogP contribution in [0.3, 0.4) is 0 Å². The van der Waals surface area contributed by atoms with E-state index in [1.165, 1.54) is 27.3 Å². The molecule has 5 rings (SSSR count). The second kappa shape index (κ2) is 18.6. The Morgan fingerprint density at radius 1 is 0.774 bits per heavy atom. The van der Waals surface area contributed by atoms with Gasteiger partial charge in [-0.2, -0.15) is 44.6 Å². The maximum absolute atomic E-state index is 14.6. The number of hydrogen-bond acceptors (Lipinski definition) is 21. The van der Waals surface area contributed by atoms with Crippen LogP contribution in [0.5, 0.6) is 23.0 Å². The van der Waals surface area contributed by atoms with Gasteiger partial charge in [-0.05, 0) is 36.4 Å². The molecule has 1 aromatic heterocycles. The van der Waals surface area contributed by atoms with E-state index >= 15 is 0 Å². The van der Waals surface area contributed by atoms with Crippen molar-refractivity contribution in [2.45, 2.75) is 14.7 Å². The number of rotatable bonds is 16. The van der Waals surface area contributed by atoms with Crippen LogP contribution in [0.2, 0.25) is 0 Å². The van der Waals surface area contributed by atoms with Crippen molar-refractivity contribution in [2.75, 3.05) is 43.8 Å². The summed E-state index contributed by atoms with van der Waals surface area (Å²) < 4.78 is 153. The SMILES string of the molecule is C=CS(=O)(=O)CCN(C)c1nc(F)nc(Nc2ccc3c(O)c(N=Nc4cc(OC)c(OC)cc4N=Nc4cc(S(=O)(=O)O)ccc4O)c(S(=O)(=O)O)cc3c2S(=O)(=O)O)n1.[Cu]. The second-order valence-corrected chi connectivity index (χ2v) is 18.3. The quantitative estimate of drug-likeness (QED) is 0.0435. The van der Waals surface area contributed by atoms with E-state index in [0.29, 0.717) is 11.5 Å². The van der Waals surface area contributed by atoms with Crippen LogP contribution >= 0.6 is 0 Å². The fourth-order valence-electron chi connectivity index (χ4n) is 5.17. The molecule has 0 aliphatic rings. The van der Waals surface area contributed by atoms with Crippen molar-refractivity contribution in [3.8, 4) is 23.0 Å². The number of nitrogens with zero attached hydrogens (tertiary/aromatic N) is 8. The molecule has 1 radical (unpaired) electrons. The minimum atomic E-state index is -5.46. The number of aromatic hydroxyl groups is 2. The van der Waals surface area contributed by atoms with Crippen molar-refractivity contribution in [1.29, 1.82) is 0 Å². The first-order valence-electron chi connectivity index (χ1n) is 16.3. The number of methoxy groups -OCH3 is 2. The van der Waals surface area contributed by atoms with Gasteiger partial charge in [0.1, 0.15) is 38.3 Å². The standard InChI is InChI=1S/C32H30FN9O15S4.Cu/c1-5-58(45,46)11-10-42(2)32-36-30(33)35-31(37-32)34-19-8-7-17-18(29(19)61(53,54)55)13-26(60(50,51)52)27(28(17)44)41-39-21-15-25(57-4)24(56-3)14-20(21)38-40-22-12-16(59(47,48)49)6-9-23(22)43;/h5-9,12-15,43-44H,1,10-11H2,2-4H3,(H,47,48,49)(H,50,51,52)(H,53,54,55)(H,34,35,36,37);. The molecular weight excluding hydrogens is 961 g/mol. The maximum atomic E-state index is 14.6. The summed E-state index contributed by atoms with van der Waals surface area (Å²) in [5.74, 6) is -3.26. The zero-order valence-electron chi connectivity index (χ0n) is 31.5. The van der Waals surface area contributed by atoms with Crippen molar-refractivity contribution >= 4 is 91.3 Å². The van der Waals surface area contributed by atoms with Gasteiger partial charge in [0.2, 0.25) is 11.9 Å². The Morgan fingerprint density at radius 2 is 1.37 bits per heavy atom. The molecule has 62 heavy (non-hydrogen) atoms. The minimum Gasteiger partial charge on any atom is -0.506 e. The molecule has 0 fully saturated rings. The number of azo groups is 2. The van der Waals surface area contributed by atoms with Crippen LogP contribution in [-0.2, 0) is 57.3 Å². The van der Waals surface area contributed by atoms with Crippen LogP contribution in [0.25, 0.3) is 10.8 Å². The number of benzene rings is 4. The summed E-state index contributed by atoms with van der Waals surface area (Å²) in [7, 11) is -15.5. The van der Waals surface area contributed by atoms with Crippen molar-refractivity contribution in [1.82, 2.24) is 15.0 Å². The molecule has 335 valence electrons. The van der Waals surface area contributed by atoms with Gasteiger partial charge < -0.3 is 29.9 Å². The summed E-state index contributed by atoms with van der Waals surface area (Å²) >= 11 is 0. The van der Waals surface area contributed by atoms with Crippen molar-refractivity contribution < 1.29 is 88.5 Å². The van der Waals surface area contributed by atoms with E-state index in [4.69, 9.17) is 9.47 Å². The Kier molecular flexibility index (Phi) is 14.6. The first kappa shape index (κ1) is 48.7. The topological polar surface area (TPSA) is 360 Å². The number of halogens is 1. The first-order valence-corrected chi connectivity index (χ1v) is 22.3. The van der Waals surface area contributed by atoms with Crippen molar-refractivity contribution in [3.05, 3.63) is 66.6 Å². The minimum absolute atomic E-state index is 0. The Labute approximate surface area is 361 Å². The van der Waals surface area contributed by atoms with Crippen LogP contribution in [0.1, 0.15) is 0 Å². The molecule has 4 aromatic carbocycles. The number of hydrogen-bond donors (Lipinski definition) is 6. The smallest absolute Gasteiger partial charge is 0.315 e. The van der Waals surface area contributed by atoms with Crippen molar-refractivity contribution in [2.24, 2.45) is 20.5 Å². The van der Waals surface area contributed by atoms with Gasteiger partial charge in [0.05, 0.1) is 30.6 Å². The molecular formula is C32H30CuFN9O15S4. The van der Waals surface area contributed by atoms with Gasteiger partial charge in [-0.1, -0.05) is 6.58 Å². The van der Waals surface area contributed by atoms with Gasteiger partial charge in [-0.3, -0.25) is 13.7 Å². The van der Waals surface area contributed by atoms with E-state index in [2.05, 4.69) is 47.3 Å². The van der Waals surface area contributed by atoms with E-state index in [9.17, 15) is 61.9 Å². The van der Waals surface area contributed by atoms with Crippen LogP contribution in [0.4, 0.5) is 44.7 Å². The molecule has 0 atom stereocenters. The fourth-order valence-corrected chi connectivity index (χ4v) is 7.86. The maximum Gasteiger partial charge on any atom is 0.315 e. The van der Waals surface area contributed by atoms with Crippen molar-refractivity contribution in [3.63, 3.8) is 0 Å². The van der Waals surface area contributed by atoms with Crippen LogP contribution in [0, 0.1) is 6.08 Å². The summed E-state index contributed by atoms with van der Waals surface area (Å²) in [5, 5.41) is 38.9.